The van der Waals surface area contributed by atoms with Crippen molar-refractivity contribution in [2.45, 2.75) is 27.7 Å². The van der Waals surface area contributed by atoms with E-state index in [0.717, 1.165) is 38.2 Å². The van der Waals surface area contributed by atoms with Crippen molar-refractivity contribution in [2.75, 3.05) is 0 Å². The molecule has 1 saturated heterocycles. The number of thioether (sulfide) groups is 1. The molecule has 168 valence electrons. The Morgan fingerprint density at radius 1 is 1.12 bits per heavy atom. The van der Waals surface area contributed by atoms with Crippen LogP contribution < -0.4 is 5.32 Å². The third-order valence-corrected chi connectivity index (χ3v) is 7.52. The first kappa shape index (κ1) is 23.0. The Labute approximate surface area is 203 Å². The molecule has 0 bridgehead atoms. The molecule has 0 aliphatic carbocycles. The van der Waals surface area contributed by atoms with Gasteiger partial charge in [-0.25, -0.2) is 4.99 Å². The summed E-state index contributed by atoms with van der Waals surface area (Å²) in [5, 5.41) is 14.5. The number of amides is 1. The minimum Gasteiger partial charge on any atom is -0.318 e. The molecule has 1 fully saturated rings. The number of hydrogen-bond donors (Lipinski definition) is 1. The summed E-state index contributed by atoms with van der Waals surface area (Å²) in [6, 6.07) is 12.4. The lowest BCUT2D eigenvalue weighted by Gasteiger charge is -2.09. The van der Waals surface area contributed by atoms with Gasteiger partial charge in [-0.05, 0) is 86.5 Å². The molecule has 0 radical (unpaired) electrons. The molecule has 1 amide bonds. The van der Waals surface area contributed by atoms with Crippen LogP contribution in [0.3, 0.4) is 0 Å². The number of amidine groups is 1. The maximum absolute atomic E-state index is 12.6. The standard InChI is InChI=1S/C24H21BrN4O3S/c1-13-8-18(9-14(2)22(13)25)26-24-27-23(30)21(33-24)11-17-10-15(3)28(16(17)4)19-6-5-7-20(12-19)29(31)32/h5-12H,1-4H3,(H,26,27,30)/b21-11-. The molecule has 2 aromatic carbocycles. The van der Waals surface area contributed by atoms with E-state index in [-0.39, 0.29) is 11.6 Å². The Kier molecular flexibility index (Phi) is 6.27. The van der Waals surface area contributed by atoms with Crippen molar-refractivity contribution in [2.24, 2.45) is 4.99 Å². The molecule has 1 N–H and O–H groups in total. The number of carbonyl (C=O) groups is 1. The van der Waals surface area contributed by atoms with Gasteiger partial charge >= 0.3 is 0 Å². The number of benzene rings is 2. The van der Waals surface area contributed by atoms with Crippen molar-refractivity contribution >= 4 is 56.2 Å². The molecule has 0 unspecified atom stereocenters. The maximum atomic E-state index is 12.6. The number of aromatic nitrogens is 1. The summed E-state index contributed by atoms with van der Waals surface area (Å²) in [6.45, 7) is 7.87. The minimum atomic E-state index is -0.407. The van der Waals surface area contributed by atoms with E-state index in [4.69, 9.17) is 0 Å². The molecular weight excluding hydrogens is 504 g/mol. The van der Waals surface area contributed by atoms with E-state index in [2.05, 4.69) is 26.2 Å². The summed E-state index contributed by atoms with van der Waals surface area (Å²) in [6.07, 6.45) is 1.83. The first-order valence-electron chi connectivity index (χ1n) is 10.1. The molecule has 2 heterocycles. The molecule has 3 aromatic rings. The van der Waals surface area contributed by atoms with Crippen LogP contribution in [0.15, 0.2) is 56.8 Å². The second-order valence-corrected chi connectivity index (χ2v) is 9.64. The molecule has 1 aliphatic heterocycles. The van der Waals surface area contributed by atoms with Crippen molar-refractivity contribution in [3.63, 3.8) is 0 Å². The Hall–Kier alpha value is -3.17. The zero-order valence-corrected chi connectivity index (χ0v) is 20.9. The van der Waals surface area contributed by atoms with E-state index < -0.39 is 4.92 Å². The minimum absolute atomic E-state index is 0.0323. The first-order chi connectivity index (χ1) is 15.6. The van der Waals surface area contributed by atoms with E-state index in [1.165, 1.54) is 17.8 Å². The second kappa shape index (κ2) is 8.99. The number of nitrogens with zero attached hydrogens (tertiary/aromatic N) is 3. The van der Waals surface area contributed by atoms with Gasteiger partial charge in [-0.15, -0.1) is 0 Å². The molecule has 33 heavy (non-hydrogen) atoms. The van der Waals surface area contributed by atoms with Gasteiger partial charge in [0.2, 0.25) is 0 Å². The van der Waals surface area contributed by atoms with E-state index >= 15 is 0 Å². The predicted octanol–water partition coefficient (Wildman–Crippen LogP) is 6.27. The van der Waals surface area contributed by atoms with Crippen LogP contribution in [0.1, 0.15) is 28.1 Å². The Balaban J connectivity index is 1.65. The van der Waals surface area contributed by atoms with Crippen molar-refractivity contribution in [3.05, 3.63) is 90.0 Å². The zero-order chi connectivity index (χ0) is 23.9. The summed E-state index contributed by atoms with van der Waals surface area (Å²) in [5.41, 5.74) is 6.34. The van der Waals surface area contributed by atoms with Crippen LogP contribution in [-0.2, 0) is 4.79 Å². The third kappa shape index (κ3) is 4.65. The number of halogens is 1. The van der Waals surface area contributed by atoms with E-state index in [0.29, 0.717) is 15.8 Å². The van der Waals surface area contributed by atoms with E-state index in [1.807, 2.05) is 62.6 Å². The van der Waals surface area contributed by atoms with Gasteiger partial charge in [0.05, 0.1) is 21.2 Å². The number of aryl methyl sites for hydroxylation is 3. The summed E-state index contributed by atoms with van der Waals surface area (Å²) in [5.74, 6) is -0.204. The van der Waals surface area contributed by atoms with Gasteiger partial charge in [0, 0.05) is 28.0 Å². The summed E-state index contributed by atoms with van der Waals surface area (Å²) < 4.78 is 2.99. The zero-order valence-electron chi connectivity index (χ0n) is 18.5. The van der Waals surface area contributed by atoms with Gasteiger partial charge in [0.15, 0.2) is 5.17 Å². The van der Waals surface area contributed by atoms with Crippen molar-refractivity contribution in [1.82, 2.24) is 9.88 Å². The predicted molar refractivity (Wildman–Crippen MR) is 136 cm³/mol. The van der Waals surface area contributed by atoms with Gasteiger partial charge in [0.1, 0.15) is 0 Å². The van der Waals surface area contributed by atoms with Gasteiger partial charge in [0.25, 0.3) is 11.6 Å². The molecular formula is C24H21BrN4O3S. The largest absolute Gasteiger partial charge is 0.318 e. The van der Waals surface area contributed by atoms with Gasteiger partial charge in [-0.3, -0.25) is 14.9 Å². The highest BCUT2D eigenvalue weighted by molar-refractivity contribution is 9.10. The first-order valence-corrected chi connectivity index (χ1v) is 11.7. The number of nitro groups is 1. The number of aliphatic imine (C=N–C) groups is 1. The summed E-state index contributed by atoms with van der Waals surface area (Å²) in [4.78, 5) is 28.5. The summed E-state index contributed by atoms with van der Waals surface area (Å²) >= 11 is 4.85. The van der Waals surface area contributed by atoms with E-state index in [9.17, 15) is 14.9 Å². The Bertz CT molecular complexity index is 1350. The number of rotatable bonds is 4. The fourth-order valence-corrected chi connectivity index (χ4v) is 4.86. The lowest BCUT2D eigenvalue weighted by atomic mass is 10.1. The number of carbonyl (C=O) groups excluding carboxylic acids is 1. The van der Waals surface area contributed by atoms with Gasteiger partial charge in [-0.2, -0.15) is 0 Å². The second-order valence-electron chi connectivity index (χ2n) is 7.81. The van der Waals surface area contributed by atoms with E-state index in [1.54, 1.807) is 12.1 Å². The van der Waals surface area contributed by atoms with Crippen LogP contribution >= 0.6 is 27.7 Å². The maximum Gasteiger partial charge on any atom is 0.271 e. The molecule has 1 aromatic heterocycles. The molecule has 0 saturated carbocycles. The Morgan fingerprint density at radius 2 is 1.82 bits per heavy atom. The number of hydrogen-bond acceptors (Lipinski definition) is 5. The lowest BCUT2D eigenvalue weighted by Crippen LogP contribution is -2.19. The molecule has 1 aliphatic rings. The highest BCUT2D eigenvalue weighted by Gasteiger charge is 2.25. The van der Waals surface area contributed by atoms with Crippen LogP contribution in [0.25, 0.3) is 11.8 Å². The third-order valence-electron chi connectivity index (χ3n) is 5.36. The smallest absolute Gasteiger partial charge is 0.271 e. The Morgan fingerprint density at radius 3 is 2.48 bits per heavy atom. The lowest BCUT2D eigenvalue weighted by molar-refractivity contribution is -0.384. The molecule has 0 spiro atoms. The number of non-ortho nitro benzene ring substituents is 1. The monoisotopic (exact) mass is 524 g/mol. The average Bonchev–Trinajstić information content (AvgIpc) is 3.24. The SMILES string of the molecule is Cc1cc(N=C2NC(=O)/C(=C/c3cc(C)n(-c4cccc([N+](=O)[O-])c4)c3C)S2)cc(C)c1Br. The van der Waals surface area contributed by atoms with Crippen LogP contribution in [-0.4, -0.2) is 20.6 Å². The van der Waals surface area contributed by atoms with Crippen molar-refractivity contribution < 1.29 is 9.72 Å². The highest BCUT2D eigenvalue weighted by atomic mass is 79.9. The summed E-state index contributed by atoms with van der Waals surface area (Å²) in [7, 11) is 0. The van der Waals surface area contributed by atoms with Crippen LogP contribution in [0.5, 0.6) is 0 Å². The molecule has 0 atom stereocenters. The normalized spacial score (nSPS) is 16.0. The molecule has 7 nitrogen and oxygen atoms in total. The molecule has 4 rings (SSSR count). The van der Waals surface area contributed by atoms with Crippen LogP contribution in [0, 0.1) is 37.8 Å². The van der Waals surface area contributed by atoms with Gasteiger partial charge < -0.3 is 9.88 Å². The topological polar surface area (TPSA) is 89.5 Å². The highest BCUT2D eigenvalue weighted by Crippen LogP contribution is 2.32. The quantitative estimate of drug-likeness (QED) is 0.247. The van der Waals surface area contributed by atoms with Crippen molar-refractivity contribution in [3.8, 4) is 5.69 Å². The van der Waals surface area contributed by atoms with Crippen LogP contribution in [0.2, 0.25) is 0 Å². The van der Waals surface area contributed by atoms with Crippen LogP contribution in [0.4, 0.5) is 11.4 Å². The number of nitro benzene ring substituents is 1. The average molecular weight is 525 g/mol. The van der Waals surface area contributed by atoms with Crippen molar-refractivity contribution in [1.29, 1.82) is 0 Å². The molecule has 9 heteroatoms. The van der Waals surface area contributed by atoms with Gasteiger partial charge in [-0.1, -0.05) is 22.0 Å². The fourth-order valence-electron chi connectivity index (χ4n) is 3.80. The number of nitrogens with one attached hydrogen (secondary N) is 1. The fraction of sp³-hybridized carbons (Fsp3) is 0.167.